The van der Waals surface area contributed by atoms with Crippen molar-refractivity contribution >= 4 is 53.9 Å². The molecule has 0 heteroatoms. The lowest BCUT2D eigenvalue weighted by molar-refractivity contribution is 1.65. The third-order valence-electron chi connectivity index (χ3n) is 9.57. The summed E-state index contributed by atoms with van der Waals surface area (Å²) in [4.78, 5) is 0. The van der Waals surface area contributed by atoms with E-state index >= 15 is 0 Å². The van der Waals surface area contributed by atoms with Crippen molar-refractivity contribution in [1.29, 1.82) is 0 Å². The maximum absolute atomic E-state index is 9.40. The zero-order chi connectivity index (χ0) is 44.3. The molecule has 0 aromatic heterocycles. The lowest BCUT2D eigenvalue weighted by Crippen LogP contribution is -1.92. The van der Waals surface area contributed by atoms with Gasteiger partial charge < -0.3 is 0 Å². The lowest BCUT2D eigenvalue weighted by atomic mass is 9.84. The predicted molar refractivity (Wildman–Crippen MR) is 216 cm³/mol. The van der Waals surface area contributed by atoms with E-state index in [0.29, 0.717) is 10.9 Å². The van der Waals surface area contributed by atoms with Crippen molar-refractivity contribution in [3.05, 3.63) is 194 Å². The largest absolute Gasteiger partial charge is 0.0629 e. The van der Waals surface area contributed by atoms with E-state index in [1.54, 1.807) is 12.1 Å². The summed E-state index contributed by atoms with van der Waals surface area (Å²) in [5.74, 6) is 0. The summed E-state index contributed by atoms with van der Waals surface area (Å²) >= 11 is 0. The molecule has 0 amide bonds. The lowest BCUT2D eigenvalue weighted by Gasteiger charge is -2.19. The van der Waals surface area contributed by atoms with Gasteiger partial charge in [0.2, 0.25) is 0 Å². The van der Waals surface area contributed by atoms with Crippen molar-refractivity contribution in [2.45, 2.75) is 0 Å². The molecule has 10 aromatic rings. The summed E-state index contributed by atoms with van der Waals surface area (Å²) in [5.41, 5.74) is 3.68. The Labute approximate surface area is 309 Å². The summed E-state index contributed by atoms with van der Waals surface area (Å²) in [6.07, 6.45) is 0. The molecule has 10 aromatic carbocycles. The second kappa shape index (κ2) is 11.6. The number of hydrogen-bond donors (Lipinski definition) is 0. The van der Waals surface area contributed by atoms with E-state index in [1.165, 1.54) is 0 Å². The quantitative estimate of drug-likeness (QED) is 0.167. The molecular formula is C50H32. The SMILES string of the molecule is [2H]c1c([2H])c([2H])c(-c2c3c([2H])c([2H])c([2H])c([2H])c3c(-c3cccc4c(-c5ccc6ccc(-c7cccc8ccccc78)cc6c5)cccc34)c3c([2H])c([2H])c([2H])c([2H])c23)c([2H])c1[2H]. The van der Waals surface area contributed by atoms with Gasteiger partial charge in [-0.15, -0.1) is 0 Å². The zero-order valence-corrected chi connectivity index (χ0v) is 26.5. The van der Waals surface area contributed by atoms with Crippen LogP contribution in [-0.2, 0) is 0 Å². The van der Waals surface area contributed by atoms with Gasteiger partial charge in [0.15, 0.2) is 0 Å². The van der Waals surface area contributed by atoms with E-state index in [1.807, 2.05) is 42.5 Å². The van der Waals surface area contributed by atoms with Crippen LogP contribution in [0.5, 0.6) is 0 Å². The van der Waals surface area contributed by atoms with Crippen molar-refractivity contribution in [2.75, 3.05) is 0 Å². The molecule has 0 atom stereocenters. The molecule has 0 bridgehead atoms. The average Bonchev–Trinajstić information content (AvgIpc) is 3.31. The Morgan fingerprint density at radius 2 is 0.760 bits per heavy atom. The molecule has 0 saturated carbocycles. The minimum atomic E-state index is -0.710. The van der Waals surface area contributed by atoms with Gasteiger partial charge in [0.25, 0.3) is 0 Å². The zero-order valence-electron chi connectivity index (χ0n) is 39.5. The Bertz CT molecular complexity index is 3560. The smallest absolute Gasteiger partial charge is 0.0622 e. The highest BCUT2D eigenvalue weighted by Crippen LogP contribution is 2.46. The van der Waals surface area contributed by atoms with Gasteiger partial charge in [0.05, 0.1) is 17.8 Å². The first-order valence-electron chi connectivity index (χ1n) is 22.8. The Balaban J connectivity index is 1.31. The summed E-state index contributed by atoms with van der Waals surface area (Å²) in [5, 5.41) is 5.01. The van der Waals surface area contributed by atoms with Gasteiger partial charge in [0, 0.05) is 0 Å². The third kappa shape index (κ3) is 4.54. The molecule has 0 aliphatic heterocycles. The molecule has 0 nitrogen and oxygen atoms in total. The van der Waals surface area contributed by atoms with Crippen LogP contribution < -0.4 is 0 Å². The van der Waals surface area contributed by atoms with Gasteiger partial charge >= 0.3 is 0 Å². The molecule has 50 heavy (non-hydrogen) atoms. The second-order valence-electron chi connectivity index (χ2n) is 12.3. The van der Waals surface area contributed by atoms with Crippen LogP contribution in [0.2, 0.25) is 0 Å². The minimum Gasteiger partial charge on any atom is -0.0622 e. The second-order valence-corrected chi connectivity index (χ2v) is 12.3. The average molecular weight is 646 g/mol. The molecule has 232 valence electrons. The van der Waals surface area contributed by atoms with Crippen LogP contribution in [0.4, 0.5) is 0 Å². The highest BCUT2D eigenvalue weighted by Gasteiger charge is 2.18. The normalized spacial score (nSPS) is 15.2. The van der Waals surface area contributed by atoms with Crippen LogP contribution in [0.25, 0.3) is 98.4 Å². The van der Waals surface area contributed by atoms with Crippen LogP contribution in [0, 0.1) is 0 Å². The van der Waals surface area contributed by atoms with Crippen LogP contribution >= 0.6 is 0 Å². The molecule has 0 N–H and O–H groups in total. The Kier molecular flexibility index (Phi) is 4.24. The first kappa shape index (κ1) is 18.3. The van der Waals surface area contributed by atoms with E-state index in [-0.39, 0.29) is 32.7 Å². The molecule has 0 heterocycles. The molecule has 0 spiro atoms. The summed E-state index contributed by atoms with van der Waals surface area (Å²) in [6, 6.07) is 30.1. The summed E-state index contributed by atoms with van der Waals surface area (Å²) in [7, 11) is 0. The molecule has 0 fully saturated rings. The fourth-order valence-corrected chi connectivity index (χ4v) is 7.36. The Hall–Kier alpha value is -6.50. The van der Waals surface area contributed by atoms with Crippen LogP contribution in [0.1, 0.15) is 17.8 Å². The van der Waals surface area contributed by atoms with E-state index < -0.39 is 84.1 Å². The van der Waals surface area contributed by atoms with E-state index in [4.69, 9.17) is 12.3 Å². The monoisotopic (exact) mass is 645 g/mol. The molecule has 10 rings (SSSR count). The number of rotatable bonds is 4. The topological polar surface area (TPSA) is 0 Å². The van der Waals surface area contributed by atoms with Gasteiger partial charge in [0.1, 0.15) is 0 Å². The maximum Gasteiger partial charge on any atom is 0.0629 e. The Morgan fingerprint density at radius 1 is 0.280 bits per heavy atom. The first-order chi connectivity index (χ1) is 30.2. The van der Waals surface area contributed by atoms with Crippen molar-refractivity contribution in [3.63, 3.8) is 0 Å². The molecule has 0 aliphatic rings. The van der Waals surface area contributed by atoms with Gasteiger partial charge in [-0.3, -0.25) is 0 Å². The fourth-order valence-electron chi connectivity index (χ4n) is 7.36. The van der Waals surface area contributed by atoms with Gasteiger partial charge in [-0.2, -0.15) is 0 Å². The molecule has 0 saturated heterocycles. The first-order valence-corrected chi connectivity index (χ1v) is 16.3. The third-order valence-corrected chi connectivity index (χ3v) is 9.57. The van der Waals surface area contributed by atoms with E-state index in [0.717, 1.165) is 49.2 Å². The minimum absolute atomic E-state index is 0.0936. The highest BCUT2D eigenvalue weighted by molar-refractivity contribution is 6.24. The molecule has 0 unspecified atom stereocenters. The van der Waals surface area contributed by atoms with E-state index in [9.17, 15) is 5.48 Å². The molecular weight excluding hydrogens is 601 g/mol. The van der Waals surface area contributed by atoms with Gasteiger partial charge in [-0.05, 0) is 111 Å². The highest BCUT2D eigenvalue weighted by atomic mass is 14.2. The Morgan fingerprint density at radius 3 is 1.42 bits per heavy atom. The van der Waals surface area contributed by atoms with Crippen molar-refractivity contribution in [1.82, 2.24) is 0 Å². The standard InChI is InChI=1S/C50H32/c1-2-14-35(15-3-1)49-45-18-6-8-20-47(45)50(48-21-9-7-19-46(48)49)44-26-12-24-42-41(23-11-25-43(42)44)37-30-28-33-27-29-36(31-38(33)32-37)40-22-10-16-34-13-4-5-17-39(34)40/h1-32H/i1D,2D,3D,6D,7D,8D,9D,14D,15D,18D,19D,20D,21D. The van der Waals surface area contributed by atoms with Crippen molar-refractivity contribution < 1.29 is 17.8 Å². The van der Waals surface area contributed by atoms with Crippen molar-refractivity contribution in [2.24, 2.45) is 0 Å². The van der Waals surface area contributed by atoms with Crippen LogP contribution in [0.3, 0.4) is 0 Å². The summed E-state index contributed by atoms with van der Waals surface area (Å²) in [6.45, 7) is 0. The van der Waals surface area contributed by atoms with Crippen LogP contribution in [0.15, 0.2) is 194 Å². The van der Waals surface area contributed by atoms with Gasteiger partial charge in [-0.1, -0.05) is 182 Å². The number of hydrogen-bond acceptors (Lipinski definition) is 0. The maximum atomic E-state index is 9.40. The van der Waals surface area contributed by atoms with E-state index in [2.05, 4.69) is 60.7 Å². The summed E-state index contributed by atoms with van der Waals surface area (Å²) < 4.78 is 116. The predicted octanol–water partition coefficient (Wildman–Crippen LogP) is 14.1. The molecule has 0 radical (unpaired) electrons. The number of benzene rings is 10. The number of fused-ring (bicyclic) bond motifs is 5. The van der Waals surface area contributed by atoms with Gasteiger partial charge in [-0.25, -0.2) is 0 Å². The van der Waals surface area contributed by atoms with Crippen molar-refractivity contribution in [3.8, 4) is 44.5 Å². The fraction of sp³-hybridized carbons (Fsp3) is 0. The van der Waals surface area contributed by atoms with Crippen LogP contribution in [-0.4, -0.2) is 0 Å². The molecule has 0 aliphatic carbocycles.